The van der Waals surface area contributed by atoms with E-state index in [1.165, 1.54) is 0 Å². The highest BCUT2D eigenvalue weighted by atomic mass is 16.6. The topological polar surface area (TPSA) is 138 Å². The minimum Gasteiger partial charge on any atom is -0.434 e. The molecule has 36 heavy (non-hydrogen) atoms. The molecular formula is C26H30N4O6. The van der Waals surface area contributed by atoms with Crippen molar-refractivity contribution in [1.29, 1.82) is 0 Å². The summed E-state index contributed by atoms with van der Waals surface area (Å²) in [6.07, 6.45) is 5.02. The van der Waals surface area contributed by atoms with Gasteiger partial charge in [0.05, 0.1) is 6.42 Å². The van der Waals surface area contributed by atoms with Crippen molar-refractivity contribution in [1.82, 2.24) is 20.5 Å². The average molecular weight is 495 g/mol. The molecule has 5 rings (SSSR count). The van der Waals surface area contributed by atoms with Crippen molar-refractivity contribution < 1.29 is 29.0 Å². The van der Waals surface area contributed by atoms with Crippen LogP contribution in [0.25, 0.3) is 10.8 Å². The fourth-order valence-corrected chi connectivity index (χ4v) is 5.59. The Labute approximate surface area is 208 Å². The quantitative estimate of drug-likeness (QED) is 0.547. The number of benzene rings is 1. The number of cyclic esters (lactones) is 1. The third-order valence-electron chi connectivity index (χ3n) is 7.38. The number of rotatable bonds is 4. The summed E-state index contributed by atoms with van der Waals surface area (Å²) in [6, 6.07) is 6.80. The van der Waals surface area contributed by atoms with Gasteiger partial charge in [-0.05, 0) is 43.6 Å². The largest absolute Gasteiger partial charge is 0.434 e. The second-order valence-corrected chi connectivity index (χ2v) is 9.74. The van der Waals surface area contributed by atoms with Crippen molar-refractivity contribution in [3.8, 4) is 0 Å². The molecule has 0 bridgehead atoms. The first-order valence-corrected chi connectivity index (χ1v) is 12.6. The molecule has 3 aliphatic rings. The van der Waals surface area contributed by atoms with Gasteiger partial charge in [-0.2, -0.15) is 0 Å². The van der Waals surface area contributed by atoms with Crippen LogP contribution in [0, 0.1) is 0 Å². The van der Waals surface area contributed by atoms with Gasteiger partial charge in [0.1, 0.15) is 23.8 Å². The first-order chi connectivity index (χ1) is 17.4. The van der Waals surface area contributed by atoms with E-state index in [2.05, 4.69) is 15.6 Å². The van der Waals surface area contributed by atoms with Crippen LogP contribution in [0.1, 0.15) is 61.9 Å². The Hall–Kier alpha value is -3.53. The minimum absolute atomic E-state index is 0.108. The number of carbonyl (C=O) groups is 4. The number of ether oxygens (including phenoxy) is 1. The lowest BCUT2D eigenvalue weighted by atomic mass is 9.88. The lowest BCUT2D eigenvalue weighted by molar-refractivity contribution is -0.156. The van der Waals surface area contributed by atoms with E-state index in [1.54, 1.807) is 11.1 Å². The summed E-state index contributed by atoms with van der Waals surface area (Å²) in [5.74, 6) is -1.71. The molecule has 0 spiro atoms. The summed E-state index contributed by atoms with van der Waals surface area (Å²) >= 11 is 0. The summed E-state index contributed by atoms with van der Waals surface area (Å²) in [6.45, 7) is 0. The van der Waals surface area contributed by atoms with Crippen molar-refractivity contribution in [2.24, 2.45) is 0 Å². The van der Waals surface area contributed by atoms with Crippen LogP contribution in [0.15, 0.2) is 36.5 Å². The van der Waals surface area contributed by atoms with Gasteiger partial charge in [-0.3, -0.25) is 24.2 Å². The first-order valence-electron chi connectivity index (χ1n) is 12.6. The van der Waals surface area contributed by atoms with Gasteiger partial charge in [0.25, 0.3) is 5.91 Å². The standard InChI is InChI=1S/C26H30N4O6/c31-21-14-19(26(35)36-21)29-23(32)20-11-5-8-16-7-2-4-10-18(25(34)30(16)20)28-24(33)22-17-9-3-1-6-15(17)12-13-27-22/h1,3,6,9,12-13,16,18-20,26,35H,2,4-5,7-8,10-11,14H2,(H,28,33)(H,29,32)/t16-,18-,19?,20-,26?/m0/s1. The number of fused-ring (bicyclic) bond motifs is 2. The van der Waals surface area contributed by atoms with E-state index in [1.807, 2.05) is 30.3 Å². The fraction of sp³-hybridized carbons (Fsp3) is 0.500. The van der Waals surface area contributed by atoms with Crippen LogP contribution in [0.3, 0.4) is 0 Å². The van der Waals surface area contributed by atoms with Crippen LogP contribution >= 0.6 is 0 Å². The number of amides is 3. The van der Waals surface area contributed by atoms with E-state index in [-0.39, 0.29) is 24.1 Å². The molecule has 3 N–H and O–H groups in total. The highest BCUT2D eigenvalue weighted by Gasteiger charge is 2.43. The molecule has 10 heteroatoms. The zero-order valence-corrected chi connectivity index (χ0v) is 19.9. The number of pyridine rings is 1. The smallest absolute Gasteiger partial charge is 0.310 e. The Kier molecular flexibility index (Phi) is 6.86. The molecule has 2 unspecified atom stereocenters. The number of hydrogen-bond acceptors (Lipinski definition) is 7. The van der Waals surface area contributed by atoms with Crippen molar-refractivity contribution in [2.45, 2.75) is 81.8 Å². The minimum atomic E-state index is -1.40. The van der Waals surface area contributed by atoms with Crippen LogP contribution in [0.2, 0.25) is 0 Å². The monoisotopic (exact) mass is 494 g/mol. The molecule has 3 fully saturated rings. The van der Waals surface area contributed by atoms with Gasteiger partial charge in [0.2, 0.25) is 18.1 Å². The number of aliphatic hydroxyl groups excluding tert-OH is 1. The van der Waals surface area contributed by atoms with Gasteiger partial charge in [0, 0.05) is 17.6 Å². The van der Waals surface area contributed by atoms with E-state index in [9.17, 15) is 24.3 Å². The molecule has 0 saturated carbocycles. The Bertz CT molecular complexity index is 1180. The third-order valence-corrected chi connectivity index (χ3v) is 7.38. The predicted octanol–water partition coefficient (Wildman–Crippen LogP) is 1.41. The van der Waals surface area contributed by atoms with E-state index in [0.29, 0.717) is 18.2 Å². The van der Waals surface area contributed by atoms with Crippen molar-refractivity contribution in [3.05, 3.63) is 42.2 Å². The number of piperidine rings is 1. The molecule has 10 nitrogen and oxygen atoms in total. The highest BCUT2D eigenvalue weighted by molar-refractivity contribution is 6.06. The number of nitrogens with zero attached hydrogens (tertiary/aromatic N) is 2. The molecular weight excluding hydrogens is 464 g/mol. The van der Waals surface area contributed by atoms with E-state index >= 15 is 0 Å². The van der Waals surface area contributed by atoms with Crippen LogP contribution in [-0.4, -0.2) is 69.1 Å². The molecule has 0 radical (unpaired) electrons. The van der Waals surface area contributed by atoms with E-state index < -0.39 is 42.2 Å². The molecule has 2 aromatic rings. The maximum absolute atomic E-state index is 13.8. The lowest BCUT2D eigenvalue weighted by Gasteiger charge is -2.44. The normalized spacial score (nSPS) is 28.6. The van der Waals surface area contributed by atoms with Gasteiger partial charge in [-0.1, -0.05) is 37.1 Å². The summed E-state index contributed by atoms with van der Waals surface area (Å²) in [5, 5.41) is 17.1. The maximum Gasteiger partial charge on any atom is 0.310 e. The SMILES string of the molecule is O=C1CC(NC(=O)[C@@H]2CCC[C@@H]3CCCC[C@H](NC(=O)c4nccc5ccccc45)C(=O)N32)C(O)O1. The fourth-order valence-electron chi connectivity index (χ4n) is 5.59. The zero-order chi connectivity index (χ0) is 25.2. The third kappa shape index (κ3) is 4.77. The van der Waals surface area contributed by atoms with Crippen molar-refractivity contribution in [3.63, 3.8) is 0 Å². The van der Waals surface area contributed by atoms with Gasteiger partial charge >= 0.3 is 5.97 Å². The molecule has 190 valence electrons. The maximum atomic E-state index is 13.8. The number of aromatic nitrogens is 1. The summed E-state index contributed by atoms with van der Waals surface area (Å²) in [5.41, 5.74) is 0.257. The van der Waals surface area contributed by atoms with Crippen LogP contribution in [0.4, 0.5) is 0 Å². The van der Waals surface area contributed by atoms with Gasteiger partial charge in [-0.15, -0.1) is 0 Å². The molecule has 1 aromatic heterocycles. The number of carbonyl (C=O) groups excluding carboxylic acids is 4. The molecule has 3 aliphatic heterocycles. The van der Waals surface area contributed by atoms with E-state index in [0.717, 1.165) is 37.5 Å². The van der Waals surface area contributed by atoms with Crippen LogP contribution < -0.4 is 10.6 Å². The molecule has 0 aliphatic carbocycles. The Balaban J connectivity index is 1.36. The van der Waals surface area contributed by atoms with Crippen LogP contribution in [-0.2, 0) is 19.1 Å². The number of nitrogens with one attached hydrogen (secondary N) is 2. The van der Waals surface area contributed by atoms with Gasteiger partial charge in [0.15, 0.2) is 0 Å². The number of esters is 1. The summed E-state index contributed by atoms with van der Waals surface area (Å²) < 4.78 is 4.73. The Morgan fingerprint density at radius 2 is 1.78 bits per heavy atom. The Morgan fingerprint density at radius 3 is 2.58 bits per heavy atom. The second-order valence-electron chi connectivity index (χ2n) is 9.74. The van der Waals surface area contributed by atoms with Gasteiger partial charge in [-0.25, -0.2) is 0 Å². The molecule has 3 amide bonds. The van der Waals surface area contributed by atoms with E-state index in [4.69, 9.17) is 4.74 Å². The average Bonchev–Trinajstić information content (AvgIpc) is 3.19. The Morgan fingerprint density at radius 1 is 1.00 bits per heavy atom. The molecule has 4 heterocycles. The predicted molar refractivity (Wildman–Crippen MR) is 128 cm³/mol. The van der Waals surface area contributed by atoms with Gasteiger partial charge < -0.3 is 25.4 Å². The molecule has 1 aromatic carbocycles. The van der Waals surface area contributed by atoms with Crippen LogP contribution in [0.5, 0.6) is 0 Å². The van der Waals surface area contributed by atoms with Crippen molar-refractivity contribution in [2.75, 3.05) is 0 Å². The molecule has 3 saturated heterocycles. The number of aliphatic hydroxyl groups is 1. The lowest BCUT2D eigenvalue weighted by Crippen LogP contribution is -2.62. The van der Waals surface area contributed by atoms with Crippen molar-refractivity contribution >= 4 is 34.5 Å². The first kappa shape index (κ1) is 24.2. The molecule has 5 atom stereocenters. The zero-order valence-electron chi connectivity index (χ0n) is 19.9. The summed E-state index contributed by atoms with van der Waals surface area (Å²) in [7, 11) is 0. The second kappa shape index (κ2) is 10.2. The number of hydrogen-bond donors (Lipinski definition) is 3. The summed E-state index contributed by atoms with van der Waals surface area (Å²) in [4.78, 5) is 57.7. The highest BCUT2D eigenvalue weighted by Crippen LogP contribution is 2.31.